The number of thioether (sulfide) groups is 1. The molecule has 0 radical (unpaired) electrons. The van der Waals surface area contributed by atoms with E-state index in [-0.39, 0.29) is 34.4 Å². The summed E-state index contributed by atoms with van der Waals surface area (Å²) in [5.41, 5.74) is 3.84. The molecular weight excluding hydrogens is 662 g/mol. The molecule has 9 heteroatoms. The second kappa shape index (κ2) is 14.9. The van der Waals surface area contributed by atoms with Crippen LogP contribution in [-0.4, -0.2) is 79.7 Å². The minimum Gasteiger partial charge on any atom is -0.396 e. The lowest BCUT2D eigenvalue weighted by atomic mass is 9.70. The Balaban J connectivity index is 1.55. The number of rotatable bonds is 15. The Morgan fingerprint density at radius 2 is 1.67 bits per heavy atom. The van der Waals surface area contributed by atoms with Crippen LogP contribution in [0.2, 0.25) is 0 Å². The Morgan fingerprint density at radius 1 is 1.00 bits per heavy atom. The smallest absolute Gasteiger partial charge is 0.251 e. The molecule has 6 atom stereocenters. The van der Waals surface area contributed by atoms with Gasteiger partial charge in [0.15, 0.2) is 0 Å². The Hall–Kier alpha value is -2.88. The second-order valence-corrected chi connectivity index (χ2v) is 15.5. The highest BCUT2D eigenvalue weighted by molar-refractivity contribution is 9.09. The van der Waals surface area contributed by atoms with E-state index in [1.165, 1.54) is 0 Å². The molecule has 3 aliphatic heterocycles. The van der Waals surface area contributed by atoms with Crippen LogP contribution in [0.5, 0.6) is 0 Å². The van der Waals surface area contributed by atoms with Gasteiger partial charge in [0, 0.05) is 48.6 Å². The van der Waals surface area contributed by atoms with Gasteiger partial charge in [-0.1, -0.05) is 89.5 Å². The van der Waals surface area contributed by atoms with Crippen molar-refractivity contribution in [1.82, 2.24) is 9.80 Å². The molecule has 3 unspecified atom stereocenters. The predicted molar refractivity (Wildman–Crippen MR) is 190 cm³/mol. The minimum atomic E-state index is -0.735. The summed E-state index contributed by atoms with van der Waals surface area (Å²) in [6, 6.07) is 15.2. The summed E-state index contributed by atoms with van der Waals surface area (Å²) < 4.78 is -0.735. The van der Waals surface area contributed by atoms with Crippen LogP contribution in [-0.2, 0) is 20.9 Å². The topological polar surface area (TPSA) is 81.2 Å². The molecule has 2 bridgehead atoms. The van der Waals surface area contributed by atoms with Gasteiger partial charge in [0.1, 0.15) is 6.04 Å². The molecule has 0 saturated carbocycles. The minimum absolute atomic E-state index is 0.00865. The molecule has 0 aliphatic carbocycles. The van der Waals surface area contributed by atoms with Crippen LogP contribution in [0.3, 0.4) is 0 Å². The molecule has 1 N–H and O–H groups in total. The summed E-state index contributed by atoms with van der Waals surface area (Å²) in [7, 11) is 0. The van der Waals surface area contributed by atoms with E-state index >= 15 is 4.79 Å². The van der Waals surface area contributed by atoms with Gasteiger partial charge >= 0.3 is 0 Å². The summed E-state index contributed by atoms with van der Waals surface area (Å²) in [6.45, 7) is 13.6. The van der Waals surface area contributed by atoms with Gasteiger partial charge in [0.2, 0.25) is 11.8 Å². The molecule has 3 fully saturated rings. The van der Waals surface area contributed by atoms with Gasteiger partial charge in [-0.3, -0.25) is 14.4 Å². The number of para-hydroxylation sites is 1. The van der Waals surface area contributed by atoms with Crippen LogP contribution in [0.4, 0.5) is 5.69 Å². The number of carbonyl (C=O) groups excluding carboxylic acids is 3. The number of hydrogen-bond acceptors (Lipinski definition) is 5. The monoisotopic (exact) mass is 707 g/mol. The molecule has 1 spiro atoms. The fourth-order valence-corrected chi connectivity index (χ4v) is 11.5. The van der Waals surface area contributed by atoms with Crippen molar-refractivity contribution in [1.29, 1.82) is 0 Å². The fourth-order valence-electron chi connectivity index (χ4n) is 7.88. The van der Waals surface area contributed by atoms with Gasteiger partial charge in [-0.25, -0.2) is 0 Å². The molecule has 2 aromatic carbocycles. The Bertz CT molecular complexity index is 1430. The van der Waals surface area contributed by atoms with Crippen molar-refractivity contribution in [2.75, 3.05) is 31.1 Å². The summed E-state index contributed by atoms with van der Waals surface area (Å²) in [5, 5.41) is 9.16. The largest absolute Gasteiger partial charge is 0.396 e. The standard InChI is InChI=1S/C37H46BrN3O4S/c1-5-19-39(24-27-17-10-9-11-18-27)34(43)29-30-35(44)41(21-12-7-8-13-22-42)33(37(30)23-28(38)32(29)46-37)36(45)40(20-6-2)31-25(3)15-14-16-26(31)4/h5-6,9-11,14-18,28-30,32-33,42H,1-2,7-8,12-13,19-24H2,3-4H3/t28?,29-,30+,32-,33?,37?/m1/s1. The number of alkyl halides is 1. The maximum Gasteiger partial charge on any atom is 0.251 e. The first-order valence-corrected chi connectivity index (χ1v) is 18.1. The number of aliphatic hydroxyl groups is 1. The van der Waals surface area contributed by atoms with Gasteiger partial charge in [-0.15, -0.1) is 24.9 Å². The van der Waals surface area contributed by atoms with Crippen molar-refractivity contribution in [3.05, 3.63) is 90.5 Å². The number of carbonyl (C=O) groups is 3. The summed E-state index contributed by atoms with van der Waals surface area (Å²) >= 11 is 5.59. The summed E-state index contributed by atoms with van der Waals surface area (Å²) in [6.07, 6.45) is 7.25. The Kier molecular flexibility index (Phi) is 11.2. The number of fused-ring (bicyclic) bond motifs is 1. The molecule has 3 amide bonds. The molecular formula is C37H46BrN3O4S. The third-order valence-corrected chi connectivity index (χ3v) is 13.0. The van der Waals surface area contributed by atoms with E-state index in [0.717, 1.165) is 41.6 Å². The number of anilines is 1. The lowest BCUT2D eigenvalue weighted by Crippen LogP contribution is -2.56. The first-order chi connectivity index (χ1) is 22.2. The van der Waals surface area contributed by atoms with E-state index in [9.17, 15) is 14.7 Å². The third kappa shape index (κ3) is 6.35. The highest BCUT2D eigenvalue weighted by Gasteiger charge is 2.76. The number of aryl methyl sites for hydroxylation is 2. The van der Waals surface area contributed by atoms with E-state index in [0.29, 0.717) is 39.0 Å². The Labute approximate surface area is 286 Å². The van der Waals surface area contributed by atoms with E-state index in [1.807, 2.05) is 67.3 Å². The highest BCUT2D eigenvalue weighted by atomic mass is 79.9. The van der Waals surface area contributed by atoms with Crippen LogP contribution in [0.15, 0.2) is 73.8 Å². The molecule has 3 heterocycles. The highest BCUT2D eigenvalue weighted by Crippen LogP contribution is 2.68. The SMILES string of the molecule is C=CCN(Cc1ccccc1)C(=O)[C@H]1[C@@H]2SC3(CC2Br)C(C(=O)N(CC=C)c2c(C)cccc2C)N(CCCCCCO)C(=O)[C@H]13. The fraction of sp³-hybridized carbons (Fsp3) is 0.486. The number of amides is 3. The van der Waals surface area contributed by atoms with Crippen molar-refractivity contribution in [3.63, 3.8) is 0 Å². The number of unbranched alkanes of at least 4 members (excludes halogenated alkanes) is 3. The number of likely N-dealkylation sites (tertiary alicyclic amines) is 1. The zero-order valence-corrected chi connectivity index (χ0v) is 29.3. The zero-order valence-electron chi connectivity index (χ0n) is 26.9. The maximum atomic E-state index is 15.0. The molecule has 2 aromatic rings. The maximum absolute atomic E-state index is 15.0. The van der Waals surface area contributed by atoms with E-state index in [1.54, 1.807) is 33.7 Å². The average molecular weight is 709 g/mol. The number of nitrogens with zero attached hydrogens (tertiary/aromatic N) is 3. The van der Waals surface area contributed by atoms with E-state index in [2.05, 4.69) is 29.1 Å². The molecule has 7 nitrogen and oxygen atoms in total. The molecule has 5 rings (SSSR count). The predicted octanol–water partition coefficient (Wildman–Crippen LogP) is 6.05. The molecule has 246 valence electrons. The van der Waals surface area contributed by atoms with Crippen LogP contribution in [0.25, 0.3) is 0 Å². The molecule has 0 aromatic heterocycles. The van der Waals surface area contributed by atoms with Gasteiger partial charge < -0.3 is 19.8 Å². The van der Waals surface area contributed by atoms with Gasteiger partial charge in [0.25, 0.3) is 5.91 Å². The quantitative estimate of drug-likeness (QED) is 0.138. The van der Waals surface area contributed by atoms with Crippen molar-refractivity contribution < 1.29 is 19.5 Å². The summed E-state index contributed by atoms with van der Waals surface area (Å²) in [4.78, 5) is 49.7. The first-order valence-electron chi connectivity index (χ1n) is 16.4. The van der Waals surface area contributed by atoms with Crippen LogP contribution >= 0.6 is 27.7 Å². The average Bonchev–Trinajstić information content (AvgIpc) is 3.63. The van der Waals surface area contributed by atoms with Crippen LogP contribution in [0.1, 0.15) is 48.8 Å². The van der Waals surface area contributed by atoms with Gasteiger partial charge in [-0.2, -0.15) is 0 Å². The van der Waals surface area contributed by atoms with E-state index < -0.39 is 22.6 Å². The number of aliphatic hydroxyl groups excluding tert-OH is 1. The number of benzene rings is 2. The lowest BCUT2D eigenvalue weighted by molar-refractivity contribution is -0.144. The third-order valence-electron chi connectivity index (χ3n) is 9.78. The molecule has 3 aliphatic rings. The van der Waals surface area contributed by atoms with Crippen molar-refractivity contribution in [2.24, 2.45) is 11.8 Å². The van der Waals surface area contributed by atoms with Gasteiger partial charge in [-0.05, 0) is 49.8 Å². The molecule has 46 heavy (non-hydrogen) atoms. The normalized spacial score (nSPS) is 26.2. The van der Waals surface area contributed by atoms with Gasteiger partial charge in [0.05, 0.1) is 16.6 Å². The number of hydrogen-bond donors (Lipinski definition) is 1. The summed E-state index contributed by atoms with van der Waals surface area (Å²) in [5.74, 6) is -1.41. The second-order valence-electron chi connectivity index (χ2n) is 12.8. The zero-order chi connectivity index (χ0) is 33.0. The van der Waals surface area contributed by atoms with Crippen molar-refractivity contribution >= 4 is 51.1 Å². The van der Waals surface area contributed by atoms with E-state index in [4.69, 9.17) is 0 Å². The van der Waals surface area contributed by atoms with Crippen molar-refractivity contribution in [3.8, 4) is 0 Å². The Morgan fingerprint density at radius 3 is 2.33 bits per heavy atom. The van der Waals surface area contributed by atoms with Crippen molar-refractivity contribution in [2.45, 2.75) is 73.4 Å². The first kappa shape index (κ1) is 34.5. The van der Waals surface area contributed by atoms with Crippen LogP contribution in [0, 0.1) is 25.7 Å². The van der Waals surface area contributed by atoms with Crippen LogP contribution < -0.4 is 4.90 Å². The molecule has 3 saturated heterocycles. The number of halogens is 1. The lowest BCUT2D eigenvalue weighted by Gasteiger charge is -2.39.